The molecule has 0 amide bonds. The van der Waals surface area contributed by atoms with Gasteiger partial charge in [-0.3, -0.25) is 9.35 Å². The number of aliphatic hydroxyl groups is 3. The normalized spacial score (nSPS) is 19.4. The van der Waals surface area contributed by atoms with Gasteiger partial charge in [0.2, 0.25) is 0 Å². The van der Waals surface area contributed by atoms with Crippen LogP contribution in [0.1, 0.15) is 232 Å². The number of carbonyl (C=O) groups excluding carboxylic acids is 1. The molecular weight excluding hydrogens is 957 g/mol. The minimum Gasteiger partial charge on any atom is -0.457 e. The summed E-state index contributed by atoms with van der Waals surface area (Å²) in [6.07, 6.45) is 60.6. The average molecular weight is 1060 g/mol. The van der Waals surface area contributed by atoms with E-state index in [-0.39, 0.29) is 19.6 Å². The van der Waals surface area contributed by atoms with Crippen LogP contribution in [-0.4, -0.2) is 97.5 Å². The van der Waals surface area contributed by atoms with Gasteiger partial charge in [-0.05, 0) is 64.2 Å². The second-order valence-electron chi connectivity index (χ2n) is 19.9. The molecule has 1 rings (SSSR count). The maximum Gasteiger partial charge on any atom is 0.397 e. The Morgan fingerprint density at radius 1 is 0.527 bits per heavy atom. The number of aliphatic hydroxyl groups excluding tert-OH is 3. The molecule has 74 heavy (non-hydrogen) atoms. The van der Waals surface area contributed by atoms with Crippen LogP contribution in [0.25, 0.3) is 0 Å². The van der Waals surface area contributed by atoms with Crippen LogP contribution in [-0.2, 0) is 38.3 Å². The van der Waals surface area contributed by atoms with Crippen molar-refractivity contribution in [3.8, 4) is 0 Å². The monoisotopic (exact) mass is 1060 g/mol. The second kappa shape index (κ2) is 51.1. The van der Waals surface area contributed by atoms with E-state index in [2.05, 4.69) is 97.0 Å². The van der Waals surface area contributed by atoms with Crippen LogP contribution >= 0.6 is 0 Å². The number of rotatable bonds is 51. The van der Waals surface area contributed by atoms with Crippen LogP contribution in [0.4, 0.5) is 0 Å². The zero-order valence-electron chi connectivity index (χ0n) is 46.4. The molecule has 0 aromatic heterocycles. The first-order valence-electron chi connectivity index (χ1n) is 29.3. The van der Waals surface area contributed by atoms with Gasteiger partial charge in [-0.25, -0.2) is 4.18 Å². The van der Waals surface area contributed by atoms with Crippen molar-refractivity contribution in [2.75, 3.05) is 26.4 Å². The van der Waals surface area contributed by atoms with Crippen LogP contribution in [0.15, 0.2) is 85.1 Å². The molecule has 6 atom stereocenters. The lowest BCUT2D eigenvalue weighted by Gasteiger charge is -2.41. The predicted molar refractivity (Wildman–Crippen MR) is 303 cm³/mol. The third-order valence-corrected chi connectivity index (χ3v) is 13.5. The number of hydrogen-bond donors (Lipinski definition) is 4. The van der Waals surface area contributed by atoms with Crippen molar-refractivity contribution in [2.24, 2.45) is 0 Å². The summed E-state index contributed by atoms with van der Waals surface area (Å²) >= 11 is 0. The molecule has 0 bridgehead atoms. The van der Waals surface area contributed by atoms with Crippen molar-refractivity contribution >= 4 is 16.4 Å². The van der Waals surface area contributed by atoms with Crippen LogP contribution in [0, 0.1) is 0 Å². The fraction of sp³-hybridized carbons (Fsp3) is 0.754. The number of esters is 1. The molecule has 13 heteroatoms. The minimum absolute atomic E-state index is 0.0107. The Labute approximate surface area is 451 Å². The van der Waals surface area contributed by atoms with Gasteiger partial charge in [0.1, 0.15) is 30.5 Å². The number of unbranched alkanes of at least 4 members (excludes halogenated alkanes) is 24. The van der Waals surface area contributed by atoms with Crippen molar-refractivity contribution in [3.05, 3.63) is 85.1 Å². The second-order valence-corrected chi connectivity index (χ2v) is 20.9. The molecule has 4 N–H and O–H groups in total. The first-order valence-corrected chi connectivity index (χ1v) is 30.7. The van der Waals surface area contributed by atoms with Gasteiger partial charge >= 0.3 is 16.4 Å². The van der Waals surface area contributed by atoms with Gasteiger partial charge < -0.3 is 34.3 Å². The molecule has 1 aliphatic heterocycles. The molecule has 0 saturated carbocycles. The molecule has 0 spiro atoms. The smallest absolute Gasteiger partial charge is 0.397 e. The molecule has 1 fully saturated rings. The molecule has 0 aliphatic carbocycles. The lowest BCUT2D eigenvalue weighted by atomic mass is 9.99. The maximum absolute atomic E-state index is 12.9. The van der Waals surface area contributed by atoms with E-state index in [1.165, 1.54) is 135 Å². The van der Waals surface area contributed by atoms with E-state index in [4.69, 9.17) is 18.9 Å². The van der Waals surface area contributed by atoms with E-state index in [0.29, 0.717) is 19.4 Å². The van der Waals surface area contributed by atoms with E-state index in [0.717, 1.165) is 64.2 Å². The number of hydrogen-bond acceptors (Lipinski definition) is 11. The fourth-order valence-corrected chi connectivity index (χ4v) is 9.17. The Kier molecular flexibility index (Phi) is 47.8. The van der Waals surface area contributed by atoms with Crippen molar-refractivity contribution in [3.63, 3.8) is 0 Å². The molecule has 428 valence electrons. The van der Waals surface area contributed by atoms with Crippen LogP contribution in [0.5, 0.6) is 0 Å². The van der Waals surface area contributed by atoms with E-state index in [1.807, 2.05) is 6.08 Å². The summed E-state index contributed by atoms with van der Waals surface area (Å²) in [6.45, 7) is 3.84. The van der Waals surface area contributed by atoms with Gasteiger partial charge in [-0.15, -0.1) is 0 Å². The van der Waals surface area contributed by atoms with Gasteiger partial charge in [0, 0.05) is 13.0 Å². The zero-order chi connectivity index (χ0) is 53.8. The number of carbonyl (C=O) groups is 1. The van der Waals surface area contributed by atoms with Crippen molar-refractivity contribution < 1.29 is 56.2 Å². The topological polar surface area (TPSA) is 178 Å². The van der Waals surface area contributed by atoms with Crippen molar-refractivity contribution in [1.82, 2.24) is 0 Å². The summed E-state index contributed by atoms with van der Waals surface area (Å²) in [4.78, 5) is 12.9. The van der Waals surface area contributed by atoms with Gasteiger partial charge in [0.25, 0.3) is 0 Å². The molecule has 0 aromatic carbocycles. The summed E-state index contributed by atoms with van der Waals surface area (Å²) in [5.74, 6) is -0.455. The lowest BCUT2D eigenvalue weighted by Crippen LogP contribution is -2.60. The Bertz CT molecular complexity index is 1600. The number of ether oxygens (including phenoxy) is 4. The Morgan fingerprint density at radius 2 is 0.919 bits per heavy atom. The van der Waals surface area contributed by atoms with E-state index >= 15 is 0 Å². The highest BCUT2D eigenvalue weighted by molar-refractivity contribution is 7.80. The van der Waals surface area contributed by atoms with Crippen LogP contribution in [0.2, 0.25) is 0 Å². The van der Waals surface area contributed by atoms with Crippen LogP contribution < -0.4 is 0 Å². The van der Waals surface area contributed by atoms with Gasteiger partial charge in [0.05, 0.1) is 19.8 Å². The van der Waals surface area contributed by atoms with Crippen molar-refractivity contribution in [2.45, 2.75) is 269 Å². The summed E-state index contributed by atoms with van der Waals surface area (Å²) in [7, 11) is -5.08. The van der Waals surface area contributed by atoms with Crippen LogP contribution in [0.3, 0.4) is 0 Å². The Hall–Kier alpha value is -2.72. The lowest BCUT2D eigenvalue weighted by molar-refractivity contribution is -0.301. The summed E-state index contributed by atoms with van der Waals surface area (Å²) in [6, 6.07) is 0. The molecule has 0 radical (unpaired) electrons. The number of allylic oxidation sites excluding steroid dienone is 14. The zero-order valence-corrected chi connectivity index (χ0v) is 47.2. The average Bonchev–Trinajstić information content (AvgIpc) is 3.38. The Balaban J connectivity index is 2.34. The standard InChI is InChI=1S/C61H106O12S/c1-3-5-7-9-11-13-15-17-19-21-23-25-27-29-31-33-35-37-39-41-43-45-47-49-51-69-53-55(54-70-61-59(65)60(73-74(66,67)68)58(64)56(52-62)72-61)71-57(63)50-48-46-44-42-40-38-36-34-32-30-28-26-24-22-20-18-16-14-12-10-8-6-4-2/h6,8,12,14,18,20,24,26,30,32,36,38,42,44,55-56,58-62,64-65H,3-5,7,9-11,13,15-17,19,21-23,25,27-29,31,33-35,37,39-41,43,45-54H2,1-2H3,(H,66,67,68)/b8-6-,14-12-,20-18-,26-24-,32-30-,38-36-,44-42-. The molecular formula is C61H106O12S. The molecule has 0 aromatic rings. The SMILES string of the molecule is CC/C=C\C/C=C\C/C=C\C/C=C\C/C=C\C/C=C\C/C=C\CCCC(=O)OC(COCCCCCCCCCCCCCCCCCCCCCCCCCC)COC1OC(CO)C(O)C(OS(=O)(=O)O)C1O. The highest BCUT2D eigenvalue weighted by Gasteiger charge is 2.48. The summed E-state index contributed by atoms with van der Waals surface area (Å²) in [5, 5.41) is 30.8. The first kappa shape index (κ1) is 69.3. The highest BCUT2D eigenvalue weighted by atomic mass is 32.3. The quantitative estimate of drug-likeness (QED) is 0.0196. The van der Waals surface area contributed by atoms with E-state index in [1.54, 1.807) is 0 Å². The molecule has 6 unspecified atom stereocenters. The van der Waals surface area contributed by atoms with Gasteiger partial charge in [-0.2, -0.15) is 8.42 Å². The fourth-order valence-electron chi connectivity index (χ4n) is 8.66. The summed E-state index contributed by atoms with van der Waals surface area (Å²) < 4.78 is 59.4. The molecule has 12 nitrogen and oxygen atoms in total. The molecule has 1 heterocycles. The predicted octanol–water partition coefficient (Wildman–Crippen LogP) is 14.8. The highest BCUT2D eigenvalue weighted by Crippen LogP contribution is 2.26. The molecule has 1 saturated heterocycles. The maximum atomic E-state index is 12.9. The summed E-state index contributed by atoms with van der Waals surface area (Å²) in [5.41, 5.74) is 0. The third kappa shape index (κ3) is 43.4. The largest absolute Gasteiger partial charge is 0.457 e. The molecule has 1 aliphatic rings. The van der Waals surface area contributed by atoms with Crippen molar-refractivity contribution in [1.29, 1.82) is 0 Å². The van der Waals surface area contributed by atoms with E-state index in [9.17, 15) is 33.1 Å². The Morgan fingerprint density at radius 3 is 1.31 bits per heavy atom. The van der Waals surface area contributed by atoms with Gasteiger partial charge in [-0.1, -0.05) is 247 Å². The van der Waals surface area contributed by atoms with E-state index < -0.39 is 59.8 Å². The third-order valence-electron chi connectivity index (χ3n) is 13.0. The first-order chi connectivity index (χ1) is 36.1. The van der Waals surface area contributed by atoms with Gasteiger partial charge in [0.15, 0.2) is 6.29 Å². The minimum atomic E-state index is -5.08.